The van der Waals surface area contributed by atoms with Crippen molar-refractivity contribution in [2.75, 3.05) is 6.61 Å². The predicted octanol–water partition coefficient (Wildman–Crippen LogP) is 8.89. The molecule has 1 unspecified atom stereocenters. The first-order valence-electron chi connectivity index (χ1n) is 14.3. The van der Waals surface area contributed by atoms with Crippen molar-refractivity contribution < 1.29 is 14.6 Å². The lowest BCUT2D eigenvalue weighted by atomic mass is 9.89. The second-order valence-corrected chi connectivity index (χ2v) is 11.5. The molecule has 208 valence electrons. The second-order valence-electron chi connectivity index (χ2n) is 11.1. The molecule has 5 rings (SSSR count). The van der Waals surface area contributed by atoms with Gasteiger partial charge in [0.25, 0.3) is 0 Å². The summed E-state index contributed by atoms with van der Waals surface area (Å²) in [6.45, 7) is 5.02. The number of hydrogen-bond donors (Lipinski definition) is 1. The van der Waals surface area contributed by atoms with Gasteiger partial charge in [-0.2, -0.15) is 0 Å². The predicted molar refractivity (Wildman–Crippen MR) is 164 cm³/mol. The Hall–Kier alpha value is -3.02. The van der Waals surface area contributed by atoms with E-state index in [1.54, 1.807) is 0 Å². The van der Waals surface area contributed by atoms with E-state index < -0.39 is 11.7 Å². The number of ether oxygens (including phenoxy) is 2. The number of halogens is 1. The van der Waals surface area contributed by atoms with Gasteiger partial charge >= 0.3 is 0 Å². The van der Waals surface area contributed by atoms with Crippen molar-refractivity contribution in [3.63, 3.8) is 0 Å². The lowest BCUT2D eigenvalue weighted by Gasteiger charge is -2.34. The summed E-state index contributed by atoms with van der Waals surface area (Å²) < 4.78 is 12.2. The molecule has 0 radical (unpaired) electrons. The molecule has 1 aliphatic rings. The summed E-state index contributed by atoms with van der Waals surface area (Å²) in [6, 6.07) is 26.3. The maximum Gasteiger partial charge on any atom is 0.158 e. The van der Waals surface area contributed by atoms with Crippen LogP contribution in [-0.4, -0.2) is 23.0 Å². The minimum absolute atomic E-state index is 0.143. The third-order valence-corrected chi connectivity index (χ3v) is 7.81. The van der Waals surface area contributed by atoms with E-state index in [1.807, 2.05) is 66.7 Å². The largest absolute Gasteiger partial charge is 0.388 e. The summed E-state index contributed by atoms with van der Waals surface area (Å²) in [5.74, 6) is 0. The minimum atomic E-state index is -0.527. The van der Waals surface area contributed by atoms with E-state index in [0.29, 0.717) is 11.4 Å². The monoisotopic (exact) mass is 555 g/mol. The molecule has 40 heavy (non-hydrogen) atoms. The lowest BCUT2D eigenvalue weighted by molar-refractivity contribution is -0.219. The molecule has 3 aromatic carbocycles. The molecule has 2 heterocycles. The Morgan fingerprint density at radius 2 is 1.88 bits per heavy atom. The number of aliphatic hydroxyl groups is 1. The van der Waals surface area contributed by atoms with Gasteiger partial charge in [-0.25, -0.2) is 4.98 Å². The third-order valence-electron chi connectivity index (χ3n) is 7.57. The first kappa shape index (κ1) is 28.5. The fourth-order valence-corrected chi connectivity index (χ4v) is 5.59. The fraction of sp³-hybridized carbons (Fsp3) is 0.343. The van der Waals surface area contributed by atoms with Crippen molar-refractivity contribution in [2.45, 2.75) is 70.4 Å². The first-order valence-corrected chi connectivity index (χ1v) is 14.7. The van der Waals surface area contributed by atoms with Gasteiger partial charge in [0.1, 0.15) is 0 Å². The zero-order chi connectivity index (χ0) is 28.0. The van der Waals surface area contributed by atoms with Crippen LogP contribution in [0.3, 0.4) is 0 Å². The number of rotatable bonds is 10. The maximum atomic E-state index is 11.0. The van der Waals surface area contributed by atoms with Crippen LogP contribution < -0.4 is 0 Å². The van der Waals surface area contributed by atoms with E-state index in [2.05, 4.69) is 38.1 Å². The molecule has 1 saturated heterocycles. The van der Waals surface area contributed by atoms with Crippen LogP contribution in [0.1, 0.15) is 80.0 Å². The van der Waals surface area contributed by atoms with Crippen molar-refractivity contribution in [2.24, 2.45) is 0 Å². The summed E-state index contributed by atoms with van der Waals surface area (Å²) in [5, 5.41) is 12.7. The van der Waals surface area contributed by atoms with Gasteiger partial charge in [-0.3, -0.25) is 0 Å². The lowest BCUT2D eigenvalue weighted by Crippen LogP contribution is -2.33. The van der Waals surface area contributed by atoms with E-state index in [4.69, 9.17) is 26.1 Å². The fourth-order valence-electron chi connectivity index (χ4n) is 5.42. The minimum Gasteiger partial charge on any atom is -0.388 e. The Bertz CT molecular complexity index is 1460. The van der Waals surface area contributed by atoms with E-state index in [-0.39, 0.29) is 6.29 Å². The van der Waals surface area contributed by atoms with Crippen molar-refractivity contribution in [3.05, 3.63) is 112 Å². The van der Waals surface area contributed by atoms with E-state index >= 15 is 0 Å². The zero-order valence-electron chi connectivity index (χ0n) is 23.4. The number of hydrogen-bond acceptors (Lipinski definition) is 4. The van der Waals surface area contributed by atoms with Crippen LogP contribution in [0.5, 0.6) is 0 Å². The number of aromatic nitrogens is 1. The van der Waals surface area contributed by atoms with Crippen LogP contribution >= 0.6 is 11.6 Å². The summed E-state index contributed by atoms with van der Waals surface area (Å²) in [5.41, 5.74) is 5.69. The van der Waals surface area contributed by atoms with Crippen LogP contribution in [0.2, 0.25) is 5.02 Å². The number of nitrogens with zero attached hydrogens (tertiary/aromatic N) is 1. The molecule has 0 saturated carbocycles. The average molecular weight is 556 g/mol. The molecule has 0 bridgehead atoms. The Balaban J connectivity index is 1.20. The highest BCUT2D eigenvalue weighted by Crippen LogP contribution is 2.33. The molecule has 1 fully saturated rings. The van der Waals surface area contributed by atoms with Crippen molar-refractivity contribution in [3.8, 4) is 0 Å². The van der Waals surface area contributed by atoms with Gasteiger partial charge in [-0.15, -0.1) is 0 Å². The van der Waals surface area contributed by atoms with Crippen LogP contribution in [0, 0.1) is 0 Å². The van der Waals surface area contributed by atoms with Crippen molar-refractivity contribution in [1.29, 1.82) is 0 Å². The molecule has 4 aromatic rings. The van der Waals surface area contributed by atoms with Gasteiger partial charge in [-0.05, 0) is 105 Å². The molecule has 1 aromatic heterocycles. The summed E-state index contributed by atoms with van der Waals surface area (Å²) >= 11 is 6.13. The van der Waals surface area contributed by atoms with Crippen LogP contribution in [0.25, 0.3) is 23.1 Å². The molecule has 0 amide bonds. The zero-order valence-corrected chi connectivity index (χ0v) is 24.1. The Morgan fingerprint density at radius 1 is 1.02 bits per heavy atom. The van der Waals surface area contributed by atoms with Crippen LogP contribution in [0.4, 0.5) is 0 Å². The SMILES string of the molecule is CC(C)(OC1CCCCO1)c1ccccc1CCC[C@@H](O)c1cccc(C=Cc2ccc3ccc(Cl)cc3n2)c1. The van der Waals surface area contributed by atoms with E-state index in [0.717, 1.165) is 66.4 Å². The number of aliphatic hydroxyl groups excluding tert-OH is 1. The average Bonchev–Trinajstić information content (AvgIpc) is 2.96. The highest BCUT2D eigenvalue weighted by atomic mass is 35.5. The third kappa shape index (κ3) is 7.38. The van der Waals surface area contributed by atoms with Gasteiger partial charge in [0.15, 0.2) is 6.29 Å². The summed E-state index contributed by atoms with van der Waals surface area (Å²) in [6.07, 6.45) is 8.98. The number of fused-ring (bicyclic) bond motifs is 1. The smallest absolute Gasteiger partial charge is 0.158 e. The first-order chi connectivity index (χ1) is 19.4. The van der Waals surface area contributed by atoms with Gasteiger partial charge in [-0.1, -0.05) is 72.3 Å². The molecule has 5 heteroatoms. The molecule has 0 spiro atoms. The van der Waals surface area contributed by atoms with Crippen LogP contribution in [0.15, 0.2) is 78.9 Å². The Kier molecular flexibility index (Phi) is 9.33. The van der Waals surface area contributed by atoms with Gasteiger partial charge < -0.3 is 14.6 Å². The Morgan fingerprint density at radius 3 is 2.73 bits per heavy atom. The highest BCUT2D eigenvalue weighted by Gasteiger charge is 2.29. The standard InChI is InChI=1S/C35H38ClNO3/c1-35(2,40-34-15-5-6-22-39-34)31-13-4-3-10-26(31)11-8-14-33(38)28-12-7-9-25(23-28)16-20-30-21-18-27-17-19-29(36)24-32(27)37-30/h3-4,7,9-10,12-13,16-21,23-24,33-34,38H,5-6,8,11,14-15,22H2,1-2H3/t33-,34?/m1/s1. The maximum absolute atomic E-state index is 11.0. The normalized spacial score (nSPS) is 16.9. The molecule has 2 atom stereocenters. The van der Waals surface area contributed by atoms with E-state index in [1.165, 1.54) is 11.1 Å². The van der Waals surface area contributed by atoms with E-state index in [9.17, 15) is 5.11 Å². The number of pyridine rings is 1. The molecule has 1 N–H and O–H groups in total. The van der Waals surface area contributed by atoms with Gasteiger partial charge in [0.2, 0.25) is 0 Å². The quantitative estimate of drug-likeness (QED) is 0.212. The molecule has 4 nitrogen and oxygen atoms in total. The summed E-state index contributed by atoms with van der Waals surface area (Å²) in [4.78, 5) is 4.70. The van der Waals surface area contributed by atoms with Gasteiger partial charge in [0, 0.05) is 17.0 Å². The number of aryl methyl sites for hydroxylation is 1. The second kappa shape index (κ2) is 13.1. The highest BCUT2D eigenvalue weighted by molar-refractivity contribution is 6.31. The van der Waals surface area contributed by atoms with Crippen molar-refractivity contribution >= 4 is 34.7 Å². The van der Waals surface area contributed by atoms with Gasteiger partial charge in [0.05, 0.1) is 22.9 Å². The topological polar surface area (TPSA) is 51.6 Å². The summed E-state index contributed by atoms with van der Waals surface area (Å²) in [7, 11) is 0. The molecule has 0 aliphatic carbocycles. The van der Waals surface area contributed by atoms with Crippen LogP contribution in [-0.2, 0) is 21.5 Å². The Labute approximate surface area is 242 Å². The van der Waals surface area contributed by atoms with Crippen molar-refractivity contribution in [1.82, 2.24) is 4.98 Å². The molecule has 1 aliphatic heterocycles. The molecular formula is C35H38ClNO3. The number of benzene rings is 3. The molecular weight excluding hydrogens is 518 g/mol.